The first-order valence-electron chi connectivity index (χ1n) is 7.82. The largest absolute Gasteiger partial charge is 0.496 e. The number of carbonyl (C=O) groups is 1. The molecule has 0 aliphatic carbocycles. The van der Waals surface area contributed by atoms with Crippen LogP contribution in [-0.4, -0.2) is 35.4 Å². The Morgan fingerprint density at radius 1 is 1.38 bits per heavy atom. The summed E-state index contributed by atoms with van der Waals surface area (Å²) in [6, 6.07) is 6.02. The van der Waals surface area contributed by atoms with Crippen molar-refractivity contribution in [3.63, 3.8) is 0 Å². The number of methoxy groups -OCH3 is 1. The molecule has 0 unspecified atom stereocenters. The molecule has 0 spiro atoms. The van der Waals surface area contributed by atoms with Crippen molar-refractivity contribution in [2.24, 2.45) is 4.99 Å². The second-order valence-electron chi connectivity index (χ2n) is 5.00. The Morgan fingerprint density at radius 2 is 2.12 bits per heavy atom. The number of thioether (sulfide) groups is 2. The van der Waals surface area contributed by atoms with E-state index in [1.807, 2.05) is 18.2 Å². The molecule has 1 aliphatic heterocycles. The summed E-state index contributed by atoms with van der Waals surface area (Å²) in [6.45, 7) is 9.79. The van der Waals surface area contributed by atoms with Gasteiger partial charge in [0.15, 0.2) is 0 Å². The monoisotopic (exact) mass is 362 g/mol. The van der Waals surface area contributed by atoms with Crippen molar-refractivity contribution in [1.29, 1.82) is 0 Å². The van der Waals surface area contributed by atoms with Crippen molar-refractivity contribution in [2.45, 2.75) is 13.8 Å². The van der Waals surface area contributed by atoms with Gasteiger partial charge in [0.1, 0.15) is 15.8 Å². The van der Waals surface area contributed by atoms with Crippen molar-refractivity contribution in [2.75, 3.05) is 30.9 Å². The van der Waals surface area contributed by atoms with Gasteiger partial charge < -0.3 is 9.64 Å². The highest BCUT2D eigenvalue weighted by atomic mass is 32.2. The molecule has 0 amide bonds. The van der Waals surface area contributed by atoms with Gasteiger partial charge in [-0.3, -0.25) is 4.79 Å². The molecule has 1 heterocycles. The average Bonchev–Trinajstić information content (AvgIpc) is 2.94. The van der Waals surface area contributed by atoms with Gasteiger partial charge in [-0.1, -0.05) is 17.8 Å². The van der Waals surface area contributed by atoms with E-state index in [1.54, 1.807) is 19.3 Å². The third-order valence-corrected chi connectivity index (χ3v) is 5.57. The summed E-state index contributed by atoms with van der Waals surface area (Å²) < 4.78 is 6.27. The second-order valence-corrected chi connectivity index (χ2v) is 7.22. The zero-order valence-electron chi connectivity index (χ0n) is 14.2. The van der Waals surface area contributed by atoms with Gasteiger partial charge in [0, 0.05) is 36.2 Å². The Hall–Kier alpha value is -1.66. The lowest BCUT2D eigenvalue weighted by Gasteiger charge is -2.22. The van der Waals surface area contributed by atoms with E-state index in [4.69, 9.17) is 4.74 Å². The fraction of sp³-hybridized carbons (Fsp3) is 0.333. The number of hydrogen-bond donors (Lipinski definition) is 0. The molecule has 0 saturated carbocycles. The summed E-state index contributed by atoms with van der Waals surface area (Å²) in [5.41, 5.74) is 2.42. The van der Waals surface area contributed by atoms with E-state index in [9.17, 15) is 4.79 Å². The molecule has 1 aliphatic rings. The summed E-state index contributed by atoms with van der Waals surface area (Å²) in [5.74, 6) is 1.49. The van der Waals surface area contributed by atoms with Crippen molar-refractivity contribution < 1.29 is 9.53 Å². The standard InChI is InChI=1S/C18H22N2O2S2/c1-5-10-23-18-19-15(17(21)24-18)11-13-8-9-14(12-16(13)22-4)20(6-2)7-3/h5,8-9,11-12H,1,6-7,10H2,2-4H3/b15-11+. The molecule has 0 N–H and O–H groups in total. The van der Waals surface area contributed by atoms with Gasteiger partial charge in [-0.05, 0) is 43.8 Å². The second kappa shape index (κ2) is 8.99. The maximum atomic E-state index is 12.1. The molecule has 6 heteroatoms. The van der Waals surface area contributed by atoms with E-state index < -0.39 is 0 Å². The van der Waals surface area contributed by atoms with Gasteiger partial charge >= 0.3 is 0 Å². The molecule has 0 atom stereocenters. The van der Waals surface area contributed by atoms with Crippen molar-refractivity contribution in [3.05, 3.63) is 42.1 Å². The van der Waals surface area contributed by atoms with Gasteiger partial charge in [-0.15, -0.1) is 6.58 Å². The van der Waals surface area contributed by atoms with E-state index in [0.717, 1.165) is 40.2 Å². The first kappa shape index (κ1) is 18.7. The number of rotatable bonds is 7. The van der Waals surface area contributed by atoms with E-state index >= 15 is 0 Å². The van der Waals surface area contributed by atoms with Gasteiger partial charge in [0.2, 0.25) is 5.12 Å². The maximum Gasteiger partial charge on any atom is 0.244 e. The molecule has 0 fully saturated rings. The zero-order valence-corrected chi connectivity index (χ0v) is 15.9. The lowest BCUT2D eigenvalue weighted by molar-refractivity contribution is -0.107. The highest BCUT2D eigenvalue weighted by Gasteiger charge is 2.22. The number of benzene rings is 1. The van der Waals surface area contributed by atoms with Crippen LogP contribution in [0, 0.1) is 0 Å². The number of nitrogens with zero attached hydrogens (tertiary/aromatic N) is 2. The van der Waals surface area contributed by atoms with Crippen LogP contribution in [0.1, 0.15) is 19.4 Å². The smallest absolute Gasteiger partial charge is 0.244 e. The average molecular weight is 363 g/mol. The molecule has 0 aromatic heterocycles. The minimum Gasteiger partial charge on any atom is -0.496 e. The Balaban J connectivity index is 2.30. The highest BCUT2D eigenvalue weighted by Crippen LogP contribution is 2.33. The van der Waals surface area contributed by atoms with Crippen LogP contribution in [0.4, 0.5) is 5.69 Å². The highest BCUT2D eigenvalue weighted by molar-refractivity contribution is 8.45. The Labute approximate surface area is 152 Å². The molecule has 0 radical (unpaired) electrons. The Kier molecular flexibility index (Phi) is 6.99. The normalized spacial score (nSPS) is 15.5. The van der Waals surface area contributed by atoms with Crippen LogP contribution in [0.2, 0.25) is 0 Å². The maximum absolute atomic E-state index is 12.1. The predicted octanol–water partition coefficient (Wildman–Crippen LogP) is 4.43. The molecule has 0 bridgehead atoms. The fourth-order valence-corrected chi connectivity index (χ4v) is 3.94. The Morgan fingerprint density at radius 3 is 2.75 bits per heavy atom. The molecule has 0 saturated heterocycles. The van der Waals surface area contributed by atoms with Gasteiger partial charge in [0.25, 0.3) is 0 Å². The summed E-state index contributed by atoms with van der Waals surface area (Å²) in [4.78, 5) is 18.8. The third-order valence-electron chi connectivity index (χ3n) is 3.56. The van der Waals surface area contributed by atoms with E-state index in [2.05, 4.69) is 30.3 Å². The van der Waals surface area contributed by atoms with Gasteiger partial charge in [0.05, 0.1) is 7.11 Å². The summed E-state index contributed by atoms with van der Waals surface area (Å²) in [7, 11) is 1.64. The first-order chi connectivity index (χ1) is 11.6. The van der Waals surface area contributed by atoms with E-state index in [-0.39, 0.29) is 5.12 Å². The molecule has 128 valence electrons. The topological polar surface area (TPSA) is 41.9 Å². The van der Waals surface area contributed by atoms with Crippen LogP contribution in [0.3, 0.4) is 0 Å². The first-order valence-corrected chi connectivity index (χ1v) is 9.62. The minimum absolute atomic E-state index is 0.0311. The summed E-state index contributed by atoms with van der Waals surface area (Å²) in [6.07, 6.45) is 3.59. The zero-order chi connectivity index (χ0) is 17.5. The summed E-state index contributed by atoms with van der Waals surface area (Å²) in [5, 5.41) is -0.0311. The number of aliphatic imine (C=N–C) groups is 1. The summed E-state index contributed by atoms with van der Waals surface area (Å²) >= 11 is 2.69. The molecule has 1 aromatic carbocycles. The lowest BCUT2D eigenvalue weighted by atomic mass is 10.1. The van der Waals surface area contributed by atoms with Crippen LogP contribution in [0.25, 0.3) is 6.08 Å². The number of ether oxygens (including phenoxy) is 1. The van der Waals surface area contributed by atoms with Crippen LogP contribution in [0.15, 0.2) is 41.5 Å². The van der Waals surface area contributed by atoms with Crippen LogP contribution >= 0.6 is 23.5 Å². The number of anilines is 1. The molecular formula is C18H22N2O2S2. The molecule has 2 rings (SSSR count). The molecule has 24 heavy (non-hydrogen) atoms. The van der Waals surface area contributed by atoms with Crippen molar-refractivity contribution >= 4 is 44.8 Å². The van der Waals surface area contributed by atoms with Gasteiger partial charge in [-0.2, -0.15) is 0 Å². The lowest BCUT2D eigenvalue weighted by Crippen LogP contribution is -2.21. The number of carbonyl (C=O) groups excluding carboxylic acids is 1. The number of hydrogen-bond acceptors (Lipinski definition) is 6. The molecular weight excluding hydrogens is 340 g/mol. The van der Waals surface area contributed by atoms with Crippen molar-refractivity contribution in [3.8, 4) is 5.75 Å². The molecule has 1 aromatic rings. The van der Waals surface area contributed by atoms with Crippen LogP contribution in [0.5, 0.6) is 5.75 Å². The van der Waals surface area contributed by atoms with E-state index in [1.165, 1.54) is 23.5 Å². The Bertz CT molecular complexity index is 680. The van der Waals surface area contributed by atoms with Gasteiger partial charge in [-0.25, -0.2) is 4.99 Å². The SMILES string of the molecule is C=CCSC1=N/C(=C/c2ccc(N(CC)CC)cc2OC)C(=O)S1. The van der Waals surface area contributed by atoms with E-state index in [0.29, 0.717) is 5.70 Å². The quantitative estimate of drug-likeness (QED) is 0.530. The fourth-order valence-electron chi connectivity index (χ4n) is 2.33. The molecule has 4 nitrogen and oxygen atoms in total. The van der Waals surface area contributed by atoms with Crippen LogP contribution in [-0.2, 0) is 4.79 Å². The van der Waals surface area contributed by atoms with Crippen molar-refractivity contribution in [1.82, 2.24) is 0 Å². The third kappa shape index (κ3) is 4.45. The van der Waals surface area contributed by atoms with Crippen LogP contribution < -0.4 is 9.64 Å². The minimum atomic E-state index is -0.0311. The predicted molar refractivity (Wildman–Crippen MR) is 107 cm³/mol.